The molecule has 5 N–H and O–H groups in total. The normalized spacial score (nSPS) is 11.4. The molecule has 0 aromatic heterocycles. The number of nitrogens with zero attached hydrogens (tertiary/aromatic N) is 1. The van der Waals surface area contributed by atoms with Crippen molar-refractivity contribution in [2.75, 3.05) is 13.1 Å². The molecule has 0 heterocycles. The highest BCUT2D eigenvalue weighted by Gasteiger charge is 2.26. The van der Waals surface area contributed by atoms with Crippen LogP contribution in [0.5, 0.6) is 0 Å². The van der Waals surface area contributed by atoms with Crippen LogP contribution < -0.4 is 16.1 Å². The first-order valence-electron chi connectivity index (χ1n) is 11.7. The highest BCUT2D eigenvalue weighted by atomic mass is 16.5. The molecule has 37 heavy (non-hydrogen) atoms. The minimum atomic E-state index is -1.23. The molecular weight excluding hydrogens is 476 g/mol. The molecule has 2 aromatic rings. The predicted octanol–water partition coefficient (Wildman–Crippen LogP) is 2.37. The van der Waals surface area contributed by atoms with Crippen molar-refractivity contribution in [3.63, 3.8) is 0 Å². The molecule has 0 radical (unpaired) electrons. The molecule has 0 aliphatic carbocycles. The summed E-state index contributed by atoms with van der Waals surface area (Å²) < 4.78 is 0. The first kappa shape index (κ1) is 28.9. The molecule has 0 unspecified atom stereocenters. The molecule has 2 rings (SSSR count). The Labute approximate surface area is 216 Å². The highest BCUT2D eigenvalue weighted by molar-refractivity contribution is 5.97. The lowest BCUT2D eigenvalue weighted by Crippen LogP contribution is -2.52. The fourth-order valence-corrected chi connectivity index (χ4v) is 3.32. The number of carbonyl (C=O) groups excluding carboxylic acids is 3. The maximum Gasteiger partial charge on any atom is 0.407 e. The van der Waals surface area contributed by atoms with Gasteiger partial charge < -0.3 is 20.6 Å². The van der Waals surface area contributed by atoms with Gasteiger partial charge in [0.1, 0.15) is 6.04 Å². The van der Waals surface area contributed by atoms with E-state index >= 15 is 0 Å². The second-order valence-electron chi connectivity index (χ2n) is 9.21. The maximum absolute atomic E-state index is 12.6. The molecule has 0 bridgehead atoms. The van der Waals surface area contributed by atoms with Crippen LogP contribution in [0.2, 0.25) is 0 Å². The van der Waals surface area contributed by atoms with Crippen molar-refractivity contribution in [3.05, 3.63) is 71.3 Å². The first-order valence-corrected chi connectivity index (χ1v) is 11.7. The van der Waals surface area contributed by atoms with E-state index in [0.29, 0.717) is 5.56 Å². The van der Waals surface area contributed by atoms with E-state index in [9.17, 15) is 24.3 Å². The molecule has 0 aliphatic rings. The molecule has 0 saturated carbocycles. The van der Waals surface area contributed by atoms with Gasteiger partial charge in [-0.25, -0.2) is 10.3 Å². The fourth-order valence-electron chi connectivity index (χ4n) is 3.32. The lowest BCUT2D eigenvalue weighted by Gasteiger charge is -2.33. The van der Waals surface area contributed by atoms with E-state index in [4.69, 9.17) is 5.21 Å². The summed E-state index contributed by atoms with van der Waals surface area (Å²) in [5.41, 5.74) is 2.70. The summed E-state index contributed by atoms with van der Waals surface area (Å²) in [5, 5.41) is 23.4. The summed E-state index contributed by atoms with van der Waals surface area (Å²) in [5.74, 6) is 4.12. The van der Waals surface area contributed by atoms with Crippen LogP contribution in [-0.2, 0) is 9.59 Å². The number of hydrogen-bond acceptors (Lipinski definition) is 5. The number of carboxylic acid groups (broad SMARTS) is 1. The van der Waals surface area contributed by atoms with Gasteiger partial charge in [0.2, 0.25) is 5.91 Å². The third-order valence-electron chi connectivity index (χ3n) is 5.33. The Bertz CT molecular complexity index is 1150. The molecule has 0 aliphatic heterocycles. The lowest BCUT2D eigenvalue weighted by atomic mass is 10.1. The van der Waals surface area contributed by atoms with Gasteiger partial charge in [-0.05, 0) is 63.6 Å². The van der Waals surface area contributed by atoms with Gasteiger partial charge in [-0.3, -0.25) is 19.6 Å². The van der Waals surface area contributed by atoms with Gasteiger partial charge in [0, 0.05) is 41.7 Å². The van der Waals surface area contributed by atoms with E-state index in [0.717, 1.165) is 5.56 Å². The van der Waals surface area contributed by atoms with E-state index in [1.165, 1.54) is 10.4 Å². The molecular formula is C27H32N4O6. The summed E-state index contributed by atoms with van der Waals surface area (Å²) in [6.07, 6.45) is -0.781. The standard InChI is InChI=1S/C27H32N4O6/c1-27(2,3)31(26(35)36)17-7-10-23(32)28-18-22(25(34)30-37)29-24(33)21-15-13-20(14-16-21)12-11-19-8-5-4-6-9-19/h4-6,8-9,13-16,22,37H,7,10,17-18H2,1-3H3,(H,28,32)(H,29,33)(H,30,34)(H,35,36)/t22-/m0/s1. The largest absolute Gasteiger partial charge is 0.465 e. The van der Waals surface area contributed by atoms with Gasteiger partial charge in [-0.2, -0.15) is 0 Å². The van der Waals surface area contributed by atoms with Crippen molar-refractivity contribution in [3.8, 4) is 11.8 Å². The Kier molecular flexibility index (Phi) is 10.7. The average molecular weight is 509 g/mol. The monoisotopic (exact) mass is 508 g/mol. The second kappa shape index (κ2) is 13.7. The quantitative estimate of drug-likeness (QED) is 0.200. The Balaban J connectivity index is 1.91. The molecule has 1 atom stereocenters. The van der Waals surface area contributed by atoms with Crippen molar-refractivity contribution >= 4 is 23.8 Å². The zero-order chi connectivity index (χ0) is 27.4. The van der Waals surface area contributed by atoms with Crippen LogP contribution in [0, 0.1) is 11.8 Å². The summed E-state index contributed by atoms with van der Waals surface area (Å²) in [6.45, 7) is 5.17. The fraction of sp³-hybridized carbons (Fsp3) is 0.333. The minimum absolute atomic E-state index is 0.0206. The van der Waals surface area contributed by atoms with Crippen LogP contribution in [0.3, 0.4) is 0 Å². The van der Waals surface area contributed by atoms with Crippen LogP contribution in [0.4, 0.5) is 4.79 Å². The third kappa shape index (κ3) is 9.66. The Morgan fingerprint density at radius 3 is 2.08 bits per heavy atom. The van der Waals surface area contributed by atoms with E-state index in [2.05, 4.69) is 22.5 Å². The summed E-state index contributed by atoms with van der Waals surface area (Å²) in [6, 6.07) is 14.7. The molecule has 10 heteroatoms. The third-order valence-corrected chi connectivity index (χ3v) is 5.33. The van der Waals surface area contributed by atoms with Crippen molar-refractivity contribution in [2.24, 2.45) is 0 Å². The van der Waals surface area contributed by atoms with Gasteiger partial charge in [0.05, 0.1) is 0 Å². The van der Waals surface area contributed by atoms with E-state index in [1.54, 1.807) is 45.0 Å². The number of hydrogen-bond donors (Lipinski definition) is 5. The van der Waals surface area contributed by atoms with Gasteiger partial charge in [-0.1, -0.05) is 30.0 Å². The molecule has 10 nitrogen and oxygen atoms in total. The van der Waals surface area contributed by atoms with Crippen LogP contribution >= 0.6 is 0 Å². The Morgan fingerprint density at radius 1 is 0.946 bits per heavy atom. The number of hydroxylamine groups is 1. The van der Waals surface area contributed by atoms with Crippen LogP contribution in [0.25, 0.3) is 0 Å². The van der Waals surface area contributed by atoms with Gasteiger partial charge in [0.15, 0.2) is 0 Å². The second-order valence-corrected chi connectivity index (χ2v) is 9.21. The van der Waals surface area contributed by atoms with Crippen molar-refractivity contribution in [2.45, 2.75) is 45.2 Å². The van der Waals surface area contributed by atoms with Crippen molar-refractivity contribution in [1.82, 2.24) is 21.0 Å². The molecule has 0 spiro atoms. The Hall–Kier alpha value is -4.36. The molecule has 4 amide bonds. The number of rotatable bonds is 9. The molecule has 196 valence electrons. The number of amides is 4. The van der Waals surface area contributed by atoms with Crippen LogP contribution in [-0.4, -0.2) is 63.7 Å². The summed E-state index contributed by atoms with van der Waals surface area (Å²) in [7, 11) is 0. The van der Waals surface area contributed by atoms with Crippen LogP contribution in [0.15, 0.2) is 54.6 Å². The summed E-state index contributed by atoms with van der Waals surface area (Å²) >= 11 is 0. The summed E-state index contributed by atoms with van der Waals surface area (Å²) in [4.78, 5) is 49.5. The van der Waals surface area contributed by atoms with E-state index in [1.807, 2.05) is 30.3 Å². The average Bonchev–Trinajstić information content (AvgIpc) is 2.87. The van der Waals surface area contributed by atoms with Crippen molar-refractivity contribution in [1.29, 1.82) is 0 Å². The van der Waals surface area contributed by atoms with E-state index in [-0.39, 0.29) is 31.5 Å². The SMILES string of the molecule is CC(C)(C)N(CCCC(=O)NC[C@H](NC(=O)c1ccc(C#Cc2ccccc2)cc1)C(=O)NO)C(=O)O. The Morgan fingerprint density at radius 2 is 1.54 bits per heavy atom. The minimum Gasteiger partial charge on any atom is -0.465 e. The van der Waals surface area contributed by atoms with Gasteiger partial charge in [0.25, 0.3) is 11.8 Å². The number of benzene rings is 2. The van der Waals surface area contributed by atoms with Gasteiger partial charge in [-0.15, -0.1) is 0 Å². The molecule has 2 aromatic carbocycles. The van der Waals surface area contributed by atoms with Gasteiger partial charge >= 0.3 is 6.09 Å². The zero-order valence-electron chi connectivity index (χ0n) is 21.1. The number of carbonyl (C=O) groups is 4. The smallest absolute Gasteiger partial charge is 0.407 e. The lowest BCUT2D eigenvalue weighted by molar-refractivity contribution is -0.131. The highest BCUT2D eigenvalue weighted by Crippen LogP contribution is 2.14. The predicted molar refractivity (Wildman–Crippen MR) is 137 cm³/mol. The molecule has 0 saturated heterocycles. The number of nitrogens with one attached hydrogen (secondary N) is 3. The maximum atomic E-state index is 12.6. The topological polar surface area (TPSA) is 148 Å². The first-order chi connectivity index (χ1) is 17.5. The van der Waals surface area contributed by atoms with Crippen molar-refractivity contribution < 1.29 is 29.5 Å². The molecule has 0 fully saturated rings. The van der Waals surface area contributed by atoms with E-state index < -0.39 is 35.4 Å². The zero-order valence-corrected chi connectivity index (χ0v) is 21.1. The van der Waals surface area contributed by atoms with Crippen LogP contribution in [0.1, 0.15) is 55.1 Å².